The molecule has 5 nitrogen and oxygen atoms in total. The van der Waals surface area contributed by atoms with Crippen LogP contribution in [0.5, 0.6) is 11.5 Å². The van der Waals surface area contributed by atoms with Gasteiger partial charge in [0.25, 0.3) is 11.8 Å². The summed E-state index contributed by atoms with van der Waals surface area (Å²) in [7, 11) is 1.60. The summed E-state index contributed by atoms with van der Waals surface area (Å²) in [5, 5.41) is 0. The van der Waals surface area contributed by atoms with E-state index in [1.54, 1.807) is 7.11 Å². The van der Waals surface area contributed by atoms with Crippen molar-refractivity contribution in [3.05, 3.63) is 64.6 Å². The molecule has 0 bridgehead atoms. The lowest BCUT2D eigenvalue weighted by atomic mass is 10.1. The molecule has 3 rings (SSSR count). The maximum atomic E-state index is 13.2. The number of rotatable bonds is 8. The normalized spacial score (nSPS) is 14.2. The fraction of sp³-hybridized carbons (Fsp3) is 0.304. The van der Waals surface area contributed by atoms with Crippen molar-refractivity contribution in [2.45, 2.75) is 33.4 Å². The number of carbonyl (C=O) groups excluding carboxylic acids is 2. The predicted octanol–water partition coefficient (Wildman–Crippen LogP) is 4.52. The van der Waals surface area contributed by atoms with Crippen LogP contribution in [0.4, 0.5) is 0 Å². The molecule has 1 heterocycles. The van der Waals surface area contributed by atoms with Gasteiger partial charge in [-0.05, 0) is 55.0 Å². The molecule has 0 unspecified atom stereocenters. The number of imide groups is 1. The van der Waals surface area contributed by atoms with Crippen LogP contribution < -0.4 is 9.47 Å². The zero-order valence-corrected chi connectivity index (χ0v) is 17.9. The lowest BCUT2D eigenvalue weighted by Gasteiger charge is -2.15. The molecule has 2 aromatic carbocycles. The molecule has 0 fully saturated rings. The number of hydrogen-bond acceptors (Lipinski definition) is 5. The SMILES string of the molecule is CCSC1=C(c2ccc(OC(C)C)cc2)C(=O)N(Cc2ccc(OC)cc2)C1=O. The summed E-state index contributed by atoms with van der Waals surface area (Å²) < 4.78 is 10.8. The Hall–Kier alpha value is -2.73. The van der Waals surface area contributed by atoms with Crippen LogP contribution in [0.3, 0.4) is 0 Å². The van der Waals surface area contributed by atoms with Gasteiger partial charge in [-0.15, -0.1) is 11.8 Å². The molecule has 2 amide bonds. The number of benzene rings is 2. The van der Waals surface area contributed by atoms with Crippen molar-refractivity contribution < 1.29 is 19.1 Å². The second-order valence-electron chi connectivity index (χ2n) is 6.87. The Morgan fingerprint density at radius 1 is 0.931 bits per heavy atom. The van der Waals surface area contributed by atoms with Gasteiger partial charge in [0, 0.05) is 0 Å². The minimum absolute atomic E-state index is 0.0703. The van der Waals surface area contributed by atoms with E-state index in [2.05, 4.69) is 0 Å². The average molecular weight is 412 g/mol. The Kier molecular flexibility index (Phi) is 6.64. The van der Waals surface area contributed by atoms with E-state index in [4.69, 9.17) is 9.47 Å². The molecular weight excluding hydrogens is 386 g/mol. The van der Waals surface area contributed by atoms with E-state index in [9.17, 15) is 9.59 Å². The lowest BCUT2D eigenvalue weighted by molar-refractivity contribution is -0.137. The molecule has 1 aliphatic rings. The number of thioether (sulfide) groups is 1. The van der Waals surface area contributed by atoms with Gasteiger partial charge >= 0.3 is 0 Å². The molecular formula is C23H25NO4S. The highest BCUT2D eigenvalue weighted by molar-refractivity contribution is 8.04. The van der Waals surface area contributed by atoms with Crippen LogP contribution in [0, 0.1) is 0 Å². The highest BCUT2D eigenvalue weighted by Crippen LogP contribution is 2.37. The van der Waals surface area contributed by atoms with Crippen molar-refractivity contribution in [2.24, 2.45) is 0 Å². The summed E-state index contributed by atoms with van der Waals surface area (Å²) in [4.78, 5) is 28.0. The average Bonchev–Trinajstić information content (AvgIpc) is 2.93. The molecule has 2 aromatic rings. The Labute approximate surface area is 175 Å². The zero-order chi connectivity index (χ0) is 21.0. The smallest absolute Gasteiger partial charge is 0.268 e. The van der Waals surface area contributed by atoms with Gasteiger partial charge in [0.05, 0.1) is 30.2 Å². The van der Waals surface area contributed by atoms with Crippen LogP contribution in [-0.2, 0) is 16.1 Å². The van der Waals surface area contributed by atoms with Gasteiger partial charge in [-0.2, -0.15) is 0 Å². The van der Waals surface area contributed by atoms with Crippen molar-refractivity contribution in [3.63, 3.8) is 0 Å². The highest BCUT2D eigenvalue weighted by atomic mass is 32.2. The highest BCUT2D eigenvalue weighted by Gasteiger charge is 2.38. The third-order valence-electron chi connectivity index (χ3n) is 4.43. The molecule has 152 valence electrons. The van der Waals surface area contributed by atoms with Crippen LogP contribution in [0.1, 0.15) is 31.9 Å². The van der Waals surface area contributed by atoms with Crippen LogP contribution in [0.15, 0.2) is 53.4 Å². The lowest BCUT2D eigenvalue weighted by Crippen LogP contribution is -2.30. The first-order valence-electron chi connectivity index (χ1n) is 9.57. The quantitative estimate of drug-likeness (QED) is 0.598. The second kappa shape index (κ2) is 9.18. The Balaban J connectivity index is 1.88. The van der Waals surface area contributed by atoms with E-state index in [0.717, 1.165) is 22.6 Å². The second-order valence-corrected chi connectivity index (χ2v) is 8.15. The molecule has 0 saturated heterocycles. The minimum Gasteiger partial charge on any atom is -0.497 e. The van der Waals surface area contributed by atoms with E-state index < -0.39 is 0 Å². The Bertz CT molecular complexity index is 917. The molecule has 0 N–H and O–H groups in total. The molecule has 0 atom stereocenters. The number of carbonyl (C=O) groups is 2. The third-order valence-corrected chi connectivity index (χ3v) is 5.38. The van der Waals surface area contributed by atoms with E-state index in [1.165, 1.54) is 16.7 Å². The Morgan fingerprint density at radius 3 is 2.10 bits per heavy atom. The molecule has 0 radical (unpaired) electrons. The van der Waals surface area contributed by atoms with E-state index in [0.29, 0.717) is 16.2 Å². The van der Waals surface area contributed by atoms with Crippen LogP contribution >= 0.6 is 11.8 Å². The summed E-state index contributed by atoms with van der Waals surface area (Å²) in [6, 6.07) is 14.7. The third kappa shape index (κ3) is 4.65. The summed E-state index contributed by atoms with van der Waals surface area (Å²) in [5.41, 5.74) is 2.06. The van der Waals surface area contributed by atoms with Gasteiger partial charge in [-0.3, -0.25) is 14.5 Å². The van der Waals surface area contributed by atoms with Gasteiger partial charge in [-0.25, -0.2) is 0 Å². The molecule has 29 heavy (non-hydrogen) atoms. The van der Waals surface area contributed by atoms with Gasteiger partial charge in [-0.1, -0.05) is 31.2 Å². The molecule has 0 spiro atoms. The summed E-state index contributed by atoms with van der Waals surface area (Å²) in [6.45, 7) is 6.12. The van der Waals surface area contributed by atoms with Crippen LogP contribution in [-0.4, -0.2) is 35.7 Å². The summed E-state index contributed by atoms with van der Waals surface area (Å²) in [5.74, 6) is 1.68. The van der Waals surface area contributed by atoms with Gasteiger partial charge in [0.2, 0.25) is 0 Å². The number of hydrogen-bond donors (Lipinski definition) is 0. The summed E-state index contributed by atoms with van der Waals surface area (Å²) in [6.07, 6.45) is 0.0703. The predicted molar refractivity (Wildman–Crippen MR) is 116 cm³/mol. The zero-order valence-electron chi connectivity index (χ0n) is 17.1. The molecule has 0 aliphatic carbocycles. The standard InChI is InChI=1S/C23H25NO4S/c1-5-29-21-20(17-8-12-19(13-9-17)28-15(2)3)22(25)24(23(21)26)14-16-6-10-18(27-4)11-7-16/h6-13,15H,5,14H2,1-4H3. The van der Waals surface area contributed by atoms with Crippen molar-refractivity contribution in [3.8, 4) is 11.5 Å². The topological polar surface area (TPSA) is 55.8 Å². The van der Waals surface area contributed by atoms with Crippen molar-refractivity contribution in [2.75, 3.05) is 12.9 Å². The van der Waals surface area contributed by atoms with Crippen molar-refractivity contribution in [1.82, 2.24) is 4.90 Å². The first-order valence-corrected chi connectivity index (χ1v) is 10.6. The first kappa shape index (κ1) is 21.0. The fourth-order valence-electron chi connectivity index (χ4n) is 3.12. The molecule has 6 heteroatoms. The Morgan fingerprint density at radius 2 is 1.55 bits per heavy atom. The summed E-state index contributed by atoms with van der Waals surface area (Å²) >= 11 is 1.41. The van der Waals surface area contributed by atoms with Crippen molar-refractivity contribution >= 4 is 29.1 Å². The van der Waals surface area contributed by atoms with E-state index >= 15 is 0 Å². The minimum atomic E-state index is -0.265. The van der Waals surface area contributed by atoms with Gasteiger partial charge in [0.1, 0.15) is 11.5 Å². The number of ether oxygens (including phenoxy) is 2. The first-order chi connectivity index (χ1) is 13.9. The van der Waals surface area contributed by atoms with Gasteiger partial charge in [0.15, 0.2) is 0 Å². The number of methoxy groups -OCH3 is 1. The number of nitrogens with zero attached hydrogens (tertiary/aromatic N) is 1. The maximum absolute atomic E-state index is 13.2. The van der Waals surface area contributed by atoms with E-state index in [1.807, 2.05) is 69.3 Å². The monoisotopic (exact) mass is 411 g/mol. The van der Waals surface area contributed by atoms with Crippen LogP contribution in [0.25, 0.3) is 5.57 Å². The largest absolute Gasteiger partial charge is 0.497 e. The van der Waals surface area contributed by atoms with Gasteiger partial charge < -0.3 is 9.47 Å². The number of amides is 2. The van der Waals surface area contributed by atoms with E-state index in [-0.39, 0.29) is 24.5 Å². The fourth-order valence-corrected chi connectivity index (χ4v) is 3.99. The maximum Gasteiger partial charge on any atom is 0.268 e. The van der Waals surface area contributed by atoms with Crippen LogP contribution in [0.2, 0.25) is 0 Å². The molecule has 0 saturated carbocycles. The molecule has 0 aromatic heterocycles. The molecule has 1 aliphatic heterocycles. The van der Waals surface area contributed by atoms with Crippen molar-refractivity contribution in [1.29, 1.82) is 0 Å².